The fourth-order valence-electron chi connectivity index (χ4n) is 0.536. The Hall–Kier alpha value is -0.590. The van der Waals surface area contributed by atoms with Gasteiger partial charge < -0.3 is 0 Å². The summed E-state index contributed by atoms with van der Waals surface area (Å²) in [6.45, 7) is 5.07. The molecule has 0 N–H and O–H groups in total. The molecular weight excluding hydrogens is 110 g/mol. The molecule has 0 radical (unpaired) electrons. The molecule has 0 saturated heterocycles. The van der Waals surface area contributed by atoms with Crippen LogP contribution in [0.15, 0.2) is 17.1 Å². The molecule has 0 fully saturated rings. The van der Waals surface area contributed by atoms with Gasteiger partial charge in [-0.2, -0.15) is 0 Å². The zero-order chi connectivity index (χ0) is 6.95. The van der Waals surface area contributed by atoms with Gasteiger partial charge >= 0.3 is 0 Å². The van der Waals surface area contributed by atoms with Gasteiger partial charge in [0.2, 0.25) is 0 Å². The fraction of sp³-hybridized carbons (Fsp3) is 0.625. The van der Waals surface area contributed by atoms with Crippen molar-refractivity contribution in [2.45, 2.75) is 26.7 Å². The van der Waals surface area contributed by atoms with Gasteiger partial charge in [0.25, 0.3) is 0 Å². The molecule has 0 atom stereocenters. The molecule has 0 saturated carbocycles. The average molecular weight is 125 g/mol. The van der Waals surface area contributed by atoms with E-state index in [-0.39, 0.29) is 0 Å². The van der Waals surface area contributed by atoms with Crippen molar-refractivity contribution in [3.05, 3.63) is 12.2 Å². The van der Waals surface area contributed by atoms with Gasteiger partial charge in [0.1, 0.15) is 0 Å². The summed E-state index contributed by atoms with van der Waals surface area (Å²) in [4.78, 5) is 4.15. The third kappa shape index (κ3) is 7.41. The minimum Gasteiger partial charge on any atom is -0.297 e. The fourth-order valence-corrected chi connectivity index (χ4v) is 0.536. The number of nitrogens with zero attached hydrogens (tertiary/aromatic N) is 1. The second kappa shape index (κ2) is 7.41. The monoisotopic (exact) mass is 125 g/mol. The van der Waals surface area contributed by atoms with Crippen LogP contribution in [0.1, 0.15) is 26.7 Å². The summed E-state index contributed by atoms with van der Waals surface area (Å²) in [6, 6.07) is 0. The number of rotatable bonds is 4. The molecule has 0 aliphatic rings. The summed E-state index contributed by atoms with van der Waals surface area (Å²) in [5.74, 6) is 0. The standard InChI is InChI=1S/C8H15N/c1-3-5-6-8-9-7-4-2/h3,5,7H,4,6,8H2,1-2H3. The van der Waals surface area contributed by atoms with Crippen LogP contribution in [0.2, 0.25) is 0 Å². The smallest absolute Gasteiger partial charge is 0.0419 e. The molecule has 0 heterocycles. The lowest BCUT2D eigenvalue weighted by molar-refractivity contribution is 1.00. The van der Waals surface area contributed by atoms with E-state index in [0.29, 0.717) is 0 Å². The van der Waals surface area contributed by atoms with Crippen LogP contribution in [0.4, 0.5) is 0 Å². The van der Waals surface area contributed by atoms with Crippen molar-refractivity contribution in [3.8, 4) is 0 Å². The predicted molar refractivity (Wildman–Crippen MR) is 43.1 cm³/mol. The van der Waals surface area contributed by atoms with Gasteiger partial charge in [-0.25, -0.2) is 0 Å². The Kier molecular flexibility index (Phi) is 6.92. The predicted octanol–water partition coefficient (Wildman–Crippen LogP) is 2.43. The Bertz CT molecular complexity index is 92.7. The summed E-state index contributed by atoms with van der Waals surface area (Å²) in [5.41, 5.74) is 0. The highest BCUT2D eigenvalue weighted by molar-refractivity contribution is 5.56. The van der Waals surface area contributed by atoms with Crippen LogP contribution in [0.25, 0.3) is 0 Å². The molecule has 52 valence electrons. The molecular formula is C8H15N. The van der Waals surface area contributed by atoms with Gasteiger partial charge in [-0.3, -0.25) is 4.99 Å². The van der Waals surface area contributed by atoms with E-state index in [4.69, 9.17) is 0 Å². The van der Waals surface area contributed by atoms with E-state index >= 15 is 0 Å². The van der Waals surface area contributed by atoms with Crippen LogP contribution in [-0.4, -0.2) is 12.8 Å². The highest BCUT2D eigenvalue weighted by Gasteiger charge is 1.72. The van der Waals surface area contributed by atoms with Gasteiger partial charge in [-0.15, -0.1) is 0 Å². The zero-order valence-corrected chi connectivity index (χ0v) is 6.30. The molecule has 0 rings (SSSR count). The van der Waals surface area contributed by atoms with E-state index < -0.39 is 0 Å². The summed E-state index contributed by atoms with van der Waals surface area (Å²) >= 11 is 0. The molecule has 0 aliphatic carbocycles. The van der Waals surface area contributed by atoms with Crippen LogP contribution >= 0.6 is 0 Å². The van der Waals surface area contributed by atoms with Crippen LogP contribution < -0.4 is 0 Å². The topological polar surface area (TPSA) is 12.4 Å². The molecule has 0 aromatic carbocycles. The molecule has 0 bridgehead atoms. The number of aliphatic imine (C=N–C) groups is 1. The molecule has 0 aromatic heterocycles. The maximum absolute atomic E-state index is 4.15. The van der Waals surface area contributed by atoms with Crippen molar-refractivity contribution >= 4 is 6.21 Å². The van der Waals surface area contributed by atoms with Crippen LogP contribution in [0.3, 0.4) is 0 Å². The Labute approximate surface area is 57.5 Å². The Morgan fingerprint density at radius 2 is 2.22 bits per heavy atom. The van der Waals surface area contributed by atoms with E-state index in [0.717, 1.165) is 19.4 Å². The van der Waals surface area contributed by atoms with Crippen LogP contribution in [0, 0.1) is 0 Å². The van der Waals surface area contributed by atoms with Crippen LogP contribution in [-0.2, 0) is 0 Å². The molecule has 0 spiro atoms. The van der Waals surface area contributed by atoms with Crippen molar-refractivity contribution < 1.29 is 0 Å². The first-order valence-electron chi connectivity index (χ1n) is 3.51. The lowest BCUT2D eigenvalue weighted by atomic mass is 10.4. The second-order valence-corrected chi connectivity index (χ2v) is 1.85. The third-order valence-electron chi connectivity index (χ3n) is 0.972. The number of allylic oxidation sites excluding steroid dienone is 1. The van der Waals surface area contributed by atoms with E-state index in [2.05, 4.69) is 24.1 Å². The van der Waals surface area contributed by atoms with Gasteiger partial charge in [0, 0.05) is 6.54 Å². The highest BCUT2D eigenvalue weighted by Crippen LogP contribution is 1.82. The normalized spacial score (nSPS) is 11.8. The Morgan fingerprint density at radius 1 is 1.44 bits per heavy atom. The maximum Gasteiger partial charge on any atom is 0.0419 e. The minimum atomic E-state index is 0.943. The maximum atomic E-state index is 4.15. The van der Waals surface area contributed by atoms with Crippen molar-refractivity contribution in [2.24, 2.45) is 4.99 Å². The molecule has 0 unspecified atom stereocenters. The van der Waals surface area contributed by atoms with Gasteiger partial charge in [0.15, 0.2) is 0 Å². The summed E-state index contributed by atoms with van der Waals surface area (Å²) < 4.78 is 0. The van der Waals surface area contributed by atoms with Gasteiger partial charge in [0.05, 0.1) is 0 Å². The molecule has 1 nitrogen and oxygen atoms in total. The highest BCUT2D eigenvalue weighted by atomic mass is 14.7. The quantitative estimate of drug-likeness (QED) is 0.311. The summed E-state index contributed by atoms with van der Waals surface area (Å²) in [7, 11) is 0. The van der Waals surface area contributed by atoms with Crippen molar-refractivity contribution in [1.29, 1.82) is 0 Å². The third-order valence-corrected chi connectivity index (χ3v) is 0.972. The molecule has 1 heteroatoms. The lowest BCUT2D eigenvalue weighted by Crippen LogP contribution is -1.76. The molecule has 0 amide bonds. The van der Waals surface area contributed by atoms with Crippen LogP contribution in [0.5, 0.6) is 0 Å². The summed E-state index contributed by atoms with van der Waals surface area (Å²) in [5, 5.41) is 0. The van der Waals surface area contributed by atoms with Crippen molar-refractivity contribution in [3.63, 3.8) is 0 Å². The lowest BCUT2D eigenvalue weighted by Gasteiger charge is -1.84. The molecule has 0 aromatic rings. The molecule has 9 heavy (non-hydrogen) atoms. The van der Waals surface area contributed by atoms with E-state index in [9.17, 15) is 0 Å². The number of hydrogen-bond donors (Lipinski definition) is 0. The molecule has 0 aliphatic heterocycles. The first-order valence-corrected chi connectivity index (χ1v) is 3.51. The van der Waals surface area contributed by atoms with Crippen molar-refractivity contribution in [1.82, 2.24) is 0 Å². The minimum absolute atomic E-state index is 0.943. The Morgan fingerprint density at radius 3 is 2.78 bits per heavy atom. The first-order chi connectivity index (χ1) is 4.41. The van der Waals surface area contributed by atoms with Gasteiger partial charge in [-0.05, 0) is 26.0 Å². The zero-order valence-electron chi connectivity index (χ0n) is 6.30. The SMILES string of the molecule is CC=CCCN=CCC. The largest absolute Gasteiger partial charge is 0.297 e. The second-order valence-electron chi connectivity index (χ2n) is 1.85. The van der Waals surface area contributed by atoms with E-state index in [1.165, 1.54) is 0 Å². The summed E-state index contributed by atoms with van der Waals surface area (Å²) in [6.07, 6.45) is 8.28. The van der Waals surface area contributed by atoms with E-state index in [1.807, 2.05) is 13.1 Å². The first kappa shape index (κ1) is 8.41. The van der Waals surface area contributed by atoms with Crippen molar-refractivity contribution in [2.75, 3.05) is 6.54 Å². The number of hydrogen-bond acceptors (Lipinski definition) is 1. The van der Waals surface area contributed by atoms with Gasteiger partial charge in [-0.1, -0.05) is 19.1 Å². The van der Waals surface area contributed by atoms with E-state index in [1.54, 1.807) is 0 Å². The average Bonchev–Trinajstić information content (AvgIpc) is 1.89. The Balaban J connectivity index is 2.99.